The molecule has 0 amide bonds. The van der Waals surface area contributed by atoms with Gasteiger partial charge < -0.3 is 4.74 Å². The van der Waals surface area contributed by atoms with E-state index in [-0.39, 0.29) is 12.6 Å². The molecule has 3 rings (SSSR count). The molecule has 0 unspecified atom stereocenters. The molecule has 0 atom stereocenters. The molecule has 0 saturated carbocycles. The van der Waals surface area contributed by atoms with E-state index in [0.29, 0.717) is 6.61 Å². The lowest BCUT2D eigenvalue weighted by atomic mass is 10.1. The third-order valence-corrected chi connectivity index (χ3v) is 2.77. The Kier molecular flexibility index (Phi) is 2.18. The molecule has 0 fully saturated rings. The summed E-state index contributed by atoms with van der Waals surface area (Å²) in [5, 5.41) is 0. The van der Waals surface area contributed by atoms with Crippen molar-refractivity contribution in [3.63, 3.8) is 0 Å². The Morgan fingerprint density at radius 3 is 2.88 bits per heavy atom. The molecule has 0 spiro atoms. The summed E-state index contributed by atoms with van der Waals surface area (Å²) >= 11 is 0. The molecule has 0 N–H and O–H groups in total. The molecule has 1 aromatic heterocycles. The Morgan fingerprint density at radius 1 is 1.29 bits per heavy atom. The maximum Gasteiger partial charge on any atom is 0.299 e. The van der Waals surface area contributed by atoms with E-state index in [2.05, 4.69) is 4.98 Å². The van der Waals surface area contributed by atoms with Gasteiger partial charge in [-0.3, -0.25) is 9.36 Å². The number of hydrogen-bond acceptors (Lipinski definition) is 3. The van der Waals surface area contributed by atoms with E-state index >= 15 is 0 Å². The van der Waals surface area contributed by atoms with Gasteiger partial charge in [-0.1, -0.05) is 24.3 Å². The number of benzene rings is 1. The van der Waals surface area contributed by atoms with Gasteiger partial charge in [0, 0.05) is 0 Å². The van der Waals surface area contributed by atoms with Crippen LogP contribution in [0.2, 0.25) is 0 Å². The topological polar surface area (TPSA) is 44.1 Å². The average molecular weight is 232 g/mol. The molecule has 1 aliphatic rings. The first-order chi connectivity index (χ1) is 8.25. The molecule has 0 bridgehead atoms. The lowest BCUT2D eigenvalue weighted by molar-refractivity contribution is 0.268. The quantitative estimate of drug-likeness (QED) is 0.688. The number of aromatic nitrogens is 2. The highest BCUT2D eigenvalue weighted by molar-refractivity contribution is 5.29. The first-order valence-electron chi connectivity index (χ1n) is 5.20. The minimum Gasteiger partial charge on any atom is -0.460 e. The van der Waals surface area contributed by atoms with E-state index in [1.165, 1.54) is 4.57 Å². The Bertz CT molecular complexity index is 637. The van der Waals surface area contributed by atoms with Gasteiger partial charge in [0.05, 0.1) is 12.7 Å². The largest absolute Gasteiger partial charge is 0.460 e. The first-order valence-corrected chi connectivity index (χ1v) is 5.20. The van der Waals surface area contributed by atoms with Gasteiger partial charge in [0.25, 0.3) is 11.6 Å². The number of fused-ring (bicyclic) bond motifs is 2. The van der Waals surface area contributed by atoms with Crippen LogP contribution in [0.4, 0.5) is 4.39 Å². The van der Waals surface area contributed by atoms with Crippen molar-refractivity contribution in [2.45, 2.75) is 13.2 Å². The molecule has 86 valence electrons. The van der Waals surface area contributed by atoms with E-state index in [1.54, 1.807) is 0 Å². The maximum atomic E-state index is 13.2. The molecule has 1 aliphatic heterocycles. The molecular weight excluding hydrogens is 223 g/mol. The molecule has 5 heteroatoms. The van der Waals surface area contributed by atoms with Gasteiger partial charge in [-0.2, -0.15) is 4.39 Å². The predicted molar refractivity (Wildman–Crippen MR) is 58.3 cm³/mol. The standard InChI is InChI=1S/C12H9FN2O2/c13-10-5-14-12-15(11(10)16)6-8-3-1-2-4-9(8)7-17-12/h1-5H,6-7H2. The predicted octanol–water partition coefficient (Wildman–Crippen LogP) is 1.32. The molecule has 2 aromatic rings. The highest BCUT2D eigenvalue weighted by Gasteiger charge is 2.17. The maximum absolute atomic E-state index is 13.2. The zero-order valence-corrected chi connectivity index (χ0v) is 8.89. The van der Waals surface area contributed by atoms with Crippen LogP contribution in [0.15, 0.2) is 35.3 Å². The fourth-order valence-electron chi connectivity index (χ4n) is 1.87. The number of halogens is 1. The van der Waals surface area contributed by atoms with Crippen LogP contribution in [0.5, 0.6) is 6.01 Å². The molecule has 1 aromatic carbocycles. The summed E-state index contributed by atoms with van der Waals surface area (Å²) in [6.07, 6.45) is 0.893. The van der Waals surface area contributed by atoms with Crippen LogP contribution in [0.1, 0.15) is 11.1 Å². The summed E-state index contributed by atoms with van der Waals surface area (Å²) in [6, 6.07) is 7.75. The van der Waals surface area contributed by atoms with Crippen molar-refractivity contribution in [1.82, 2.24) is 9.55 Å². The van der Waals surface area contributed by atoms with Crippen LogP contribution in [0.3, 0.4) is 0 Å². The number of hydrogen-bond donors (Lipinski definition) is 0. The van der Waals surface area contributed by atoms with Gasteiger partial charge in [0.15, 0.2) is 0 Å². The van der Waals surface area contributed by atoms with Gasteiger partial charge in [0.1, 0.15) is 6.61 Å². The van der Waals surface area contributed by atoms with Crippen LogP contribution in [0.25, 0.3) is 0 Å². The van der Waals surface area contributed by atoms with Crippen molar-refractivity contribution in [3.8, 4) is 6.01 Å². The highest BCUT2D eigenvalue weighted by atomic mass is 19.1. The van der Waals surface area contributed by atoms with Crippen LogP contribution in [0, 0.1) is 5.82 Å². The normalized spacial score (nSPS) is 13.2. The van der Waals surface area contributed by atoms with E-state index in [1.807, 2.05) is 24.3 Å². The van der Waals surface area contributed by atoms with E-state index in [0.717, 1.165) is 17.3 Å². The Hall–Kier alpha value is -2.17. The SMILES string of the molecule is O=c1c(F)cnc2n1Cc1ccccc1CO2. The van der Waals surface area contributed by atoms with E-state index in [9.17, 15) is 9.18 Å². The van der Waals surface area contributed by atoms with Crippen molar-refractivity contribution in [2.24, 2.45) is 0 Å². The molecule has 2 heterocycles. The Labute approximate surface area is 96.3 Å². The molecule has 0 saturated heterocycles. The minimum absolute atomic E-state index is 0.160. The summed E-state index contributed by atoms with van der Waals surface area (Å²) in [5.74, 6) is -0.864. The highest BCUT2D eigenvalue weighted by Crippen LogP contribution is 2.19. The number of rotatable bonds is 0. The van der Waals surface area contributed by atoms with Crippen molar-refractivity contribution in [3.05, 3.63) is 57.8 Å². The van der Waals surface area contributed by atoms with E-state index < -0.39 is 11.4 Å². The van der Waals surface area contributed by atoms with Gasteiger partial charge in [-0.15, -0.1) is 0 Å². The van der Waals surface area contributed by atoms with Crippen LogP contribution >= 0.6 is 0 Å². The van der Waals surface area contributed by atoms with Crippen molar-refractivity contribution < 1.29 is 9.13 Å². The fraction of sp³-hybridized carbons (Fsp3) is 0.167. The second kappa shape index (κ2) is 3.69. The van der Waals surface area contributed by atoms with E-state index in [4.69, 9.17) is 4.74 Å². The summed E-state index contributed by atoms with van der Waals surface area (Å²) < 4.78 is 19.8. The average Bonchev–Trinajstić information content (AvgIpc) is 2.54. The molecular formula is C12H9FN2O2. The van der Waals surface area contributed by atoms with Crippen LogP contribution in [-0.4, -0.2) is 9.55 Å². The lowest BCUT2D eigenvalue weighted by Crippen LogP contribution is -2.24. The number of nitrogens with zero attached hydrogens (tertiary/aromatic N) is 2. The lowest BCUT2D eigenvalue weighted by Gasteiger charge is -2.06. The third-order valence-electron chi connectivity index (χ3n) is 2.77. The monoisotopic (exact) mass is 232 g/mol. The zero-order chi connectivity index (χ0) is 11.8. The molecule has 4 nitrogen and oxygen atoms in total. The fourth-order valence-corrected chi connectivity index (χ4v) is 1.87. The van der Waals surface area contributed by atoms with Crippen LogP contribution < -0.4 is 10.3 Å². The smallest absolute Gasteiger partial charge is 0.299 e. The van der Waals surface area contributed by atoms with Gasteiger partial charge in [0.2, 0.25) is 5.82 Å². The summed E-state index contributed by atoms with van der Waals surface area (Å²) in [5.41, 5.74) is 1.23. The van der Waals surface area contributed by atoms with Gasteiger partial charge in [-0.25, -0.2) is 4.98 Å². The summed E-state index contributed by atoms with van der Waals surface area (Å²) in [7, 11) is 0. The molecule has 0 radical (unpaired) electrons. The summed E-state index contributed by atoms with van der Waals surface area (Å²) in [4.78, 5) is 15.4. The van der Waals surface area contributed by atoms with Gasteiger partial charge in [-0.05, 0) is 11.1 Å². The zero-order valence-electron chi connectivity index (χ0n) is 8.89. The number of ether oxygens (including phenoxy) is 1. The third kappa shape index (κ3) is 1.60. The van der Waals surface area contributed by atoms with Crippen molar-refractivity contribution >= 4 is 0 Å². The second-order valence-electron chi connectivity index (χ2n) is 3.84. The van der Waals surface area contributed by atoms with Crippen molar-refractivity contribution in [2.75, 3.05) is 0 Å². The summed E-state index contributed by atoms with van der Waals surface area (Å²) in [6.45, 7) is 0.628. The molecule has 17 heavy (non-hydrogen) atoms. The Balaban J connectivity index is 2.19. The van der Waals surface area contributed by atoms with Crippen molar-refractivity contribution in [1.29, 1.82) is 0 Å². The molecule has 0 aliphatic carbocycles. The van der Waals surface area contributed by atoms with Crippen LogP contribution in [-0.2, 0) is 13.2 Å². The second-order valence-corrected chi connectivity index (χ2v) is 3.84. The minimum atomic E-state index is -0.864. The van der Waals surface area contributed by atoms with Gasteiger partial charge >= 0.3 is 0 Å². The first kappa shape index (κ1) is 10.0. The Morgan fingerprint density at radius 2 is 2.06 bits per heavy atom.